The van der Waals surface area contributed by atoms with Gasteiger partial charge in [0.15, 0.2) is 0 Å². The van der Waals surface area contributed by atoms with Crippen LogP contribution in [0.15, 0.2) is 35.9 Å². The number of fused-ring (bicyclic) bond motifs is 3. The maximum atomic E-state index is 9.96. The Labute approximate surface area is 164 Å². The summed E-state index contributed by atoms with van der Waals surface area (Å²) >= 11 is 1.74. The Morgan fingerprint density at radius 1 is 1.30 bits per heavy atom. The number of benzene rings is 1. The molecule has 0 amide bonds. The number of thiazole rings is 1. The minimum absolute atomic E-state index is 0.142. The van der Waals surface area contributed by atoms with E-state index in [2.05, 4.69) is 44.9 Å². The second kappa shape index (κ2) is 7.38. The van der Waals surface area contributed by atoms with Gasteiger partial charge in [0.25, 0.3) is 0 Å². The predicted molar refractivity (Wildman–Crippen MR) is 111 cm³/mol. The van der Waals surface area contributed by atoms with Crippen molar-refractivity contribution in [1.82, 2.24) is 9.88 Å². The molecular weight excluding hydrogens is 354 g/mol. The van der Waals surface area contributed by atoms with E-state index in [9.17, 15) is 5.11 Å². The maximum Gasteiger partial charge on any atom is 0.107 e. The highest BCUT2D eigenvalue weighted by molar-refractivity contribution is 7.09. The molecule has 3 aliphatic rings. The first kappa shape index (κ1) is 17.4. The predicted octanol–water partition coefficient (Wildman–Crippen LogP) is 4.45. The lowest BCUT2D eigenvalue weighted by atomic mass is 9.81. The molecule has 142 valence electrons. The molecule has 3 atom stereocenters. The van der Waals surface area contributed by atoms with Crippen molar-refractivity contribution < 1.29 is 5.11 Å². The summed E-state index contributed by atoms with van der Waals surface area (Å²) in [6.07, 6.45) is 10.5. The number of allylic oxidation sites excluding steroid dienone is 2. The number of anilines is 1. The van der Waals surface area contributed by atoms with Gasteiger partial charge in [-0.2, -0.15) is 0 Å². The number of aromatic nitrogens is 1. The van der Waals surface area contributed by atoms with Crippen molar-refractivity contribution in [2.24, 2.45) is 5.92 Å². The van der Waals surface area contributed by atoms with Gasteiger partial charge in [-0.1, -0.05) is 12.1 Å². The number of likely N-dealkylation sites (tertiary alicyclic amines) is 1. The minimum Gasteiger partial charge on any atom is -0.394 e. The molecule has 0 spiro atoms. The number of rotatable bonds is 4. The van der Waals surface area contributed by atoms with Gasteiger partial charge in [-0.25, -0.2) is 4.98 Å². The number of aliphatic hydroxyl groups excluding tert-OH is 1. The molecule has 0 radical (unpaired) electrons. The van der Waals surface area contributed by atoms with E-state index < -0.39 is 0 Å². The quantitative estimate of drug-likeness (QED) is 0.821. The van der Waals surface area contributed by atoms with Crippen LogP contribution >= 0.6 is 11.3 Å². The monoisotopic (exact) mass is 381 g/mol. The van der Waals surface area contributed by atoms with E-state index >= 15 is 0 Å². The van der Waals surface area contributed by atoms with Gasteiger partial charge in [0.05, 0.1) is 19.2 Å². The topological polar surface area (TPSA) is 48.4 Å². The summed E-state index contributed by atoms with van der Waals surface area (Å²) in [6, 6.07) is 7.43. The summed E-state index contributed by atoms with van der Waals surface area (Å²) in [5.41, 5.74) is 5.50. The fourth-order valence-corrected chi connectivity index (χ4v) is 5.78. The third-order valence-electron chi connectivity index (χ3n) is 6.46. The molecule has 27 heavy (non-hydrogen) atoms. The van der Waals surface area contributed by atoms with Crippen molar-refractivity contribution in [2.45, 2.75) is 50.7 Å². The molecular formula is C22H27N3OS. The number of nitrogens with one attached hydrogen (secondary N) is 1. The molecule has 1 aromatic carbocycles. The maximum absolute atomic E-state index is 9.96. The van der Waals surface area contributed by atoms with Crippen LogP contribution in [-0.2, 0) is 6.54 Å². The van der Waals surface area contributed by atoms with E-state index in [0.29, 0.717) is 12.0 Å². The molecule has 0 saturated carbocycles. The molecule has 5 heteroatoms. The molecule has 1 aliphatic carbocycles. The SMILES string of the molecule is OC[C@@H]1Nc2ccc(C3=CCCCC3)cc2[C@@H]2[C@H]1CCN2Cc1nccs1. The molecule has 5 rings (SSSR count). The Morgan fingerprint density at radius 2 is 2.26 bits per heavy atom. The van der Waals surface area contributed by atoms with Crippen LogP contribution in [-0.4, -0.2) is 34.2 Å². The Kier molecular flexibility index (Phi) is 4.76. The summed E-state index contributed by atoms with van der Waals surface area (Å²) in [4.78, 5) is 7.08. The normalized spacial score (nSPS) is 27.6. The fraction of sp³-hybridized carbons (Fsp3) is 0.500. The third kappa shape index (κ3) is 3.22. The highest BCUT2D eigenvalue weighted by Gasteiger charge is 2.44. The van der Waals surface area contributed by atoms with Gasteiger partial charge >= 0.3 is 0 Å². The van der Waals surface area contributed by atoms with Crippen molar-refractivity contribution in [3.8, 4) is 0 Å². The molecule has 4 nitrogen and oxygen atoms in total. The summed E-state index contributed by atoms with van der Waals surface area (Å²) in [7, 11) is 0. The minimum atomic E-state index is 0.142. The lowest BCUT2D eigenvalue weighted by Gasteiger charge is -2.39. The van der Waals surface area contributed by atoms with Gasteiger partial charge in [0.1, 0.15) is 5.01 Å². The Balaban J connectivity index is 1.52. The average Bonchev–Trinajstić information content (AvgIpc) is 3.38. The van der Waals surface area contributed by atoms with Crippen LogP contribution in [0.1, 0.15) is 54.3 Å². The first-order valence-electron chi connectivity index (χ1n) is 10.2. The van der Waals surface area contributed by atoms with E-state index in [1.54, 1.807) is 11.3 Å². The molecule has 3 heterocycles. The van der Waals surface area contributed by atoms with E-state index in [0.717, 1.165) is 19.5 Å². The van der Waals surface area contributed by atoms with Crippen molar-refractivity contribution in [1.29, 1.82) is 0 Å². The molecule has 1 aromatic heterocycles. The molecule has 1 fully saturated rings. The largest absolute Gasteiger partial charge is 0.394 e. The first-order chi connectivity index (χ1) is 13.3. The van der Waals surface area contributed by atoms with E-state index in [4.69, 9.17) is 0 Å². The lowest BCUT2D eigenvalue weighted by molar-refractivity contribution is 0.172. The zero-order valence-corrected chi connectivity index (χ0v) is 16.4. The summed E-state index contributed by atoms with van der Waals surface area (Å²) in [5, 5.41) is 16.8. The fourth-order valence-electron chi connectivity index (χ4n) is 5.14. The van der Waals surface area contributed by atoms with Gasteiger partial charge in [0, 0.05) is 29.2 Å². The molecule has 1 saturated heterocycles. The number of aliphatic hydroxyl groups is 1. The highest BCUT2D eigenvalue weighted by Crippen LogP contribution is 2.47. The third-order valence-corrected chi connectivity index (χ3v) is 7.22. The molecule has 2 aromatic rings. The molecule has 0 unspecified atom stereocenters. The number of nitrogens with zero attached hydrogens (tertiary/aromatic N) is 2. The van der Waals surface area contributed by atoms with Gasteiger partial charge in [-0.3, -0.25) is 4.90 Å². The van der Waals surface area contributed by atoms with E-state index in [-0.39, 0.29) is 12.6 Å². The van der Waals surface area contributed by atoms with E-state index in [1.165, 1.54) is 53.1 Å². The standard InChI is InChI=1S/C22H27N3OS/c26-14-20-17-8-10-25(13-21-23-9-11-27-21)22(17)18-12-16(6-7-19(18)24-20)15-4-2-1-3-5-15/h4,6-7,9,11-12,17,20,22,24,26H,1-3,5,8,10,13-14H2/t17-,20-,22-/m0/s1. The Morgan fingerprint density at radius 3 is 3.04 bits per heavy atom. The average molecular weight is 382 g/mol. The molecule has 2 N–H and O–H groups in total. The van der Waals surface area contributed by atoms with Gasteiger partial charge in [-0.05, 0) is 67.5 Å². The van der Waals surface area contributed by atoms with Gasteiger partial charge < -0.3 is 10.4 Å². The van der Waals surface area contributed by atoms with Gasteiger partial charge in [-0.15, -0.1) is 11.3 Å². The van der Waals surface area contributed by atoms with Crippen LogP contribution in [0.5, 0.6) is 0 Å². The Hall–Kier alpha value is -1.69. The summed E-state index contributed by atoms with van der Waals surface area (Å²) < 4.78 is 0. The second-order valence-electron chi connectivity index (χ2n) is 8.00. The van der Waals surface area contributed by atoms with Gasteiger partial charge in [0.2, 0.25) is 0 Å². The van der Waals surface area contributed by atoms with E-state index in [1.807, 2.05) is 6.20 Å². The number of hydrogen-bond donors (Lipinski definition) is 2. The van der Waals surface area contributed by atoms with Crippen LogP contribution < -0.4 is 5.32 Å². The van der Waals surface area contributed by atoms with Crippen molar-refractivity contribution >= 4 is 22.6 Å². The molecule has 2 aliphatic heterocycles. The zero-order chi connectivity index (χ0) is 18.2. The van der Waals surface area contributed by atoms with Crippen LogP contribution in [0.2, 0.25) is 0 Å². The lowest BCUT2D eigenvalue weighted by Crippen LogP contribution is -2.41. The number of hydrogen-bond acceptors (Lipinski definition) is 5. The summed E-state index contributed by atoms with van der Waals surface area (Å²) in [6.45, 7) is 2.17. The highest BCUT2D eigenvalue weighted by atomic mass is 32.1. The van der Waals surface area contributed by atoms with Crippen LogP contribution in [0, 0.1) is 5.92 Å². The summed E-state index contributed by atoms with van der Waals surface area (Å²) in [5.74, 6) is 0.457. The molecule has 0 bridgehead atoms. The Bertz CT molecular complexity index is 832. The van der Waals surface area contributed by atoms with Crippen molar-refractivity contribution in [3.05, 3.63) is 52.0 Å². The van der Waals surface area contributed by atoms with Crippen molar-refractivity contribution in [2.75, 3.05) is 18.5 Å². The second-order valence-corrected chi connectivity index (χ2v) is 8.98. The first-order valence-corrected chi connectivity index (χ1v) is 11.0. The van der Waals surface area contributed by atoms with Crippen LogP contribution in [0.3, 0.4) is 0 Å². The smallest absolute Gasteiger partial charge is 0.107 e. The van der Waals surface area contributed by atoms with Crippen LogP contribution in [0.4, 0.5) is 5.69 Å². The van der Waals surface area contributed by atoms with Crippen LogP contribution in [0.25, 0.3) is 5.57 Å². The van der Waals surface area contributed by atoms with Crippen molar-refractivity contribution in [3.63, 3.8) is 0 Å². The zero-order valence-electron chi connectivity index (χ0n) is 15.6.